The highest BCUT2D eigenvalue weighted by atomic mass is 35.5. The molecule has 0 saturated heterocycles. The van der Waals surface area contributed by atoms with E-state index in [2.05, 4.69) is 19.1 Å². The molecule has 0 nitrogen and oxygen atoms in total. The highest BCUT2D eigenvalue weighted by Gasteiger charge is 2.06. The van der Waals surface area contributed by atoms with Crippen molar-refractivity contribution in [2.45, 2.75) is 19.7 Å². The van der Waals surface area contributed by atoms with Gasteiger partial charge < -0.3 is 0 Å². The Kier molecular flexibility index (Phi) is 3.97. The Morgan fingerprint density at radius 2 is 1.92 bits per heavy atom. The van der Waals surface area contributed by atoms with E-state index >= 15 is 0 Å². The fraction of sp³-hybridized carbons (Fsp3) is 0.333. The third-order valence-corrected chi connectivity index (χ3v) is 2.33. The fourth-order valence-electron chi connectivity index (χ4n) is 1.16. The second-order valence-electron chi connectivity index (χ2n) is 2.86. The van der Waals surface area contributed by atoms with Gasteiger partial charge in [-0.1, -0.05) is 24.3 Å². The Morgan fingerprint density at radius 1 is 1.25 bits per heavy atom. The van der Waals surface area contributed by atoms with Crippen LogP contribution in [0.5, 0.6) is 0 Å². The lowest BCUT2D eigenvalue weighted by Gasteiger charge is -2.03. The largest absolute Gasteiger partial charge is 0.351 e. The van der Waals surface area contributed by atoms with Gasteiger partial charge in [-0.05, 0) is 30.8 Å². The molecule has 3 heteroatoms. The van der Waals surface area contributed by atoms with E-state index in [4.69, 9.17) is 22.9 Å². The summed E-state index contributed by atoms with van der Waals surface area (Å²) >= 11 is 11.3. The number of hydrogen-bond donors (Lipinski definition) is 0. The molecule has 0 N–H and O–H groups in total. The van der Waals surface area contributed by atoms with E-state index < -0.39 is 0 Å². The van der Waals surface area contributed by atoms with E-state index in [0.29, 0.717) is 0 Å². The standard InChI is InChI=1S/C9H11BCl2/c1-8-4-2-3-5-9(8)6-7-10(11)12/h2-5H,6-7H2,1H3. The van der Waals surface area contributed by atoms with Crippen LogP contribution in [0.4, 0.5) is 0 Å². The zero-order valence-corrected chi connectivity index (χ0v) is 8.57. The van der Waals surface area contributed by atoms with E-state index in [0.717, 1.165) is 12.7 Å². The van der Waals surface area contributed by atoms with Crippen molar-refractivity contribution in [2.75, 3.05) is 0 Å². The topological polar surface area (TPSA) is 0 Å². The van der Waals surface area contributed by atoms with Gasteiger partial charge in [0.15, 0.2) is 0 Å². The maximum Gasteiger partial charge on any atom is 0.351 e. The molecule has 0 spiro atoms. The molecule has 0 bridgehead atoms. The van der Waals surface area contributed by atoms with E-state index in [1.165, 1.54) is 11.1 Å². The molecule has 1 aromatic rings. The molecule has 0 radical (unpaired) electrons. The van der Waals surface area contributed by atoms with Gasteiger partial charge in [-0.2, -0.15) is 22.9 Å². The molecular formula is C9H11BCl2. The van der Waals surface area contributed by atoms with E-state index in [1.807, 2.05) is 12.1 Å². The van der Waals surface area contributed by atoms with E-state index in [1.54, 1.807) is 0 Å². The van der Waals surface area contributed by atoms with Gasteiger partial charge in [0.25, 0.3) is 0 Å². The summed E-state index contributed by atoms with van der Waals surface area (Å²) in [4.78, 5) is 0. The van der Waals surface area contributed by atoms with Crippen LogP contribution in [0.2, 0.25) is 6.32 Å². The molecule has 0 aliphatic heterocycles. The molecule has 0 amide bonds. The van der Waals surface area contributed by atoms with Crippen LogP contribution in [0.1, 0.15) is 11.1 Å². The third kappa shape index (κ3) is 3.08. The summed E-state index contributed by atoms with van der Waals surface area (Å²) in [5.74, 6) is 0. The minimum Gasteiger partial charge on any atom is -0.172 e. The van der Waals surface area contributed by atoms with Gasteiger partial charge in [0.1, 0.15) is 0 Å². The second kappa shape index (κ2) is 4.79. The van der Waals surface area contributed by atoms with Gasteiger partial charge in [-0.15, -0.1) is 0 Å². The molecule has 0 atom stereocenters. The number of benzene rings is 1. The molecule has 0 heterocycles. The Hall–Kier alpha value is -0.135. The van der Waals surface area contributed by atoms with Gasteiger partial charge in [-0.25, -0.2) is 0 Å². The second-order valence-corrected chi connectivity index (χ2v) is 4.13. The van der Waals surface area contributed by atoms with Crippen LogP contribution >= 0.6 is 22.9 Å². The molecule has 0 aliphatic rings. The molecule has 0 saturated carbocycles. The minimum absolute atomic E-state index is 0.246. The monoisotopic (exact) mass is 200 g/mol. The molecule has 0 unspecified atom stereocenters. The molecule has 12 heavy (non-hydrogen) atoms. The predicted octanol–water partition coefficient (Wildman–Crippen LogP) is 3.50. The fourth-order valence-corrected chi connectivity index (χ4v) is 1.37. The summed E-state index contributed by atoms with van der Waals surface area (Å²) in [5, 5.41) is 0. The van der Waals surface area contributed by atoms with Gasteiger partial charge >= 0.3 is 5.54 Å². The summed E-state index contributed by atoms with van der Waals surface area (Å²) in [6.07, 6.45) is 1.79. The summed E-state index contributed by atoms with van der Waals surface area (Å²) in [6, 6.07) is 8.30. The smallest absolute Gasteiger partial charge is 0.172 e. The molecule has 0 aliphatic carbocycles. The molecule has 1 aromatic carbocycles. The minimum atomic E-state index is -0.246. The normalized spacial score (nSPS) is 9.92. The summed E-state index contributed by atoms with van der Waals surface area (Å²) < 4.78 is 0. The number of rotatable bonds is 3. The van der Waals surface area contributed by atoms with Crippen molar-refractivity contribution < 1.29 is 0 Å². The first-order valence-corrected chi connectivity index (χ1v) is 4.90. The van der Waals surface area contributed by atoms with Crippen LogP contribution in [0.25, 0.3) is 0 Å². The van der Waals surface area contributed by atoms with Gasteiger partial charge in [0, 0.05) is 0 Å². The average Bonchev–Trinajstić information content (AvgIpc) is 2.03. The lowest BCUT2D eigenvalue weighted by Crippen LogP contribution is -1.96. The van der Waals surface area contributed by atoms with Crippen molar-refractivity contribution in [3.63, 3.8) is 0 Å². The van der Waals surface area contributed by atoms with Gasteiger partial charge in [0.2, 0.25) is 0 Å². The van der Waals surface area contributed by atoms with Crippen LogP contribution in [-0.4, -0.2) is 5.54 Å². The number of aryl methyl sites for hydroxylation is 2. The Balaban J connectivity index is 2.57. The first kappa shape index (κ1) is 9.95. The van der Waals surface area contributed by atoms with Crippen molar-refractivity contribution in [3.8, 4) is 0 Å². The van der Waals surface area contributed by atoms with Crippen LogP contribution in [0.3, 0.4) is 0 Å². The van der Waals surface area contributed by atoms with Crippen LogP contribution in [-0.2, 0) is 6.42 Å². The lowest BCUT2D eigenvalue weighted by molar-refractivity contribution is 1.10. The summed E-state index contributed by atoms with van der Waals surface area (Å²) in [6.45, 7) is 2.10. The Labute approximate surface area is 83.8 Å². The summed E-state index contributed by atoms with van der Waals surface area (Å²) in [5.41, 5.74) is 2.40. The highest BCUT2D eigenvalue weighted by molar-refractivity contribution is 7.33. The Morgan fingerprint density at radius 3 is 2.50 bits per heavy atom. The van der Waals surface area contributed by atoms with E-state index in [9.17, 15) is 0 Å². The van der Waals surface area contributed by atoms with Gasteiger partial charge in [0.05, 0.1) is 0 Å². The maximum absolute atomic E-state index is 5.65. The SMILES string of the molecule is Cc1ccccc1CCB(Cl)Cl. The number of hydrogen-bond acceptors (Lipinski definition) is 0. The third-order valence-electron chi connectivity index (χ3n) is 1.89. The maximum atomic E-state index is 5.65. The van der Waals surface area contributed by atoms with Crippen molar-refractivity contribution >= 4 is 28.5 Å². The van der Waals surface area contributed by atoms with Crippen molar-refractivity contribution in [1.29, 1.82) is 0 Å². The van der Waals surface area contributed by atoms with Crippen LogP contribution in [0.15, 0.2) is 24.3 Å². The zero-order chi connectivity index (χ0) is 8.97. The molecule has 1 rings (SSSR count). The van der Waals surface area contributed by atoms with Crippen molar-refractivity contribution in [1.82, 2.24) is 0 Å². The highest BCUT2D eigenvalue weighted by Crippen LogP contribution is 2.13. The van der Waals surface area contributed by atoms with E-state index in [-0.39, 0.29) is 5.54 Å². The van der Waals surface area contributed by atoms with Crippen molar-refractivity contribution in [2.24, 2.45) is 0 Å². The van der Waals surface area contributed by atoms with Crippen LogP contribution < -0.4 is 0 Å². The first-order chi connectivity index (χ1) is 5.70. The molecule has 64 valence electrons. The average molecular weight is 201 g/mol. The first-order valence-electron chi connectivity index (χ1n) is 4.03. The summed E-state index contributed by atoms with van der Waals surface area (Å²) in [7, 11) is 0. The van der Waals surface area contributed by atoms with Crippen LogP contribution in [0, 0.1) is 6.92 Å². The predicted molar refractivity (Wildman–Crippen MR) is 57.2 cm³/mol. The van der Waals surface area contributed by atoms with Gasteiger partial charge in [-0.3, -0.25) is 0 Å². The number of halogens is 2. The van der Waals surface area contributed by atoms with Crippen molar-refractivity contribution in [3.05, 3.63) is 35.4 Å². The molecular weight excluding hydrogens is 190 g/mol. The lowest BCUT2D eigenvalue weighted by atomic mass is 9.93. The molecule has 0 aromatic heterocycles. The zero-order valence-electron chi connectivity index (χ0n) is 7.06. The molecule has 0 fully saturated rings. The Bertz CT molecular complexity index is 248. The quantitative estimate of drug-likeness (QED) is 0.656.